The number of hydrogen-bond acceptors (Lipinski definition) is 4. The van der Waals surface area contributed by atoms with Gasteiger partial charge in [0.25, 0.3) is 5.82 Å². The van der Waals surface area contributed by atoms with Crippen LogP contribution in [0.25, 0.3) is 0 Å². The predicted molar refractivity (Wildman–Crippen MR) is 51.6 cm³/mol. The van der Waals surface area contributed by atoms with E-state index < -0.39 is 0 Å². The summed E-state index contributed by atoms with van der Waals surface area (Å²) in [6, 6.07) is 0. The maximum Gasteiger partial charge on any atom is 0.273 e. The van der Waals surface area contributed by atoms with Gasteiger partial charge in [0.1, 0.15) is 18.7 Å². The Kier molecular flexibility index (Phi) is 3.79. The normalized spacial score (nSPS) is 11.2. The minimum absolute atomic E-state index is 0.287. The summed E-state index contributed by atoms with van der Waals surface area (Å²) in [7, 11) is 5.06. The third-order valence-corrected chi connectivity index (χ3v) is 2.48. The lowest BCUT2D eigenvalue weighted by atomic mass is 10.5. The lowest BCUT2D eigenvalue weighted by Crippen LogP contribution is -2.34. The predicted octanol–water partition coefficient (Wildman–Crippen LogP) is -0.459. The van der Waals surface area contributed by atoms with E-state index in [2.05, 4.69) is 5.10 Å². The first-order valence-electron chi connectivity index (χ1n) is 4.26. The molecule has 0 atom stereocenters. The average molecular weight is 217 g/mol. The summed E-state index contributed by atoms with van der Waals surface area (Å²) < 4.78 is 13.8. The van der Waals surface area contributed by atoms with Crippen molar-refractivity contribution in [2.75, 3.05) is 14.2 Å². The summed E-state index contributed by atoms with van der Waals surface area (Å²) in [4.78, 5) is 0. The van der Waals surface area contributed by atoms with Gasteiger partial charge >= 0.3 is 0 Å². The molecule has 0 saturated carbocycles. The van der Waals surface area contributed by atoms with Crippen LogP contribution in [0.3, 0.4) is 0 Å². The van der Waals surface area contributed by atoms with E-state index in [1.807, 2.05) is 18.5 Å². The van der Waals surface area contributed by atoms with Gasteiger partial charge in [-0.2, -0.15) is 0 Å². The van der Waals surface area contributed by atoms with E-state index in [0.717, 1.165) is 5.82 Å². The van der Waals surface area contributed by atoms with Crippen molar-refractivity contribution in [3.05, 3.63) is 5.82 Å². The molecule has 1 heterocycles. The van der Waals surface area contributed by atoms with E-state index in [4.69, 9.17) is 22.1 Å². The lowest BCUT2D eigenvalue weighted by molar-refractivity contribution is -0.736. The summed E-state index contributed by atoms with van der Waals surface area (Å²) in [5.41, 5.74) is 0. The average Bonchev–Trinajstić information content (AvgIpc) is 2.40. The van der Waals surface area contributed by atoms with Crippen molar-refractivity contribution in [3.63, 3.8) is 0 Å². The van der Waals surface area contributed by atoms with Crippen LogP contribution in [0.5, 0.6) is 0 Å². The molecule has 6 heteroatoms. The Morgan fingerprint density at radius 1 is 1.50 bits per heavy atom. The van der Waals surface area contributed by atoms with E-state index in [1.54, 1.807) is 18.9 Å². The number of rotatable bonds is 4. The number of methoxy groups -OCH3 is 2. The van der Waals surface area contributed by atoms with Crippen LogP contribution in [-0.4, -0.2) is 30.2 Å². The Hall–Kier alpha value is -0.720. The fourth-order valence-electron chi connectivity index (χ4n) is 1.17. The second kappa shape index (κ2) is 4.68. The van der Waals surface area contributed by atoms with Crippen molar-refractivity contribution < 1.29 is 14.2 Å². The van der Waals surface area contributed by atoms with Gasteiger partial charge in [-0.05, 0) is 0 Å². The van der Waals surface area contributed by atoms with Gasteiger partial charge < -0.3 is 22.1 Å². The number of aryl methyl sites for hydroxylation is 1. The first-order valence-corrected chi connectivity index (χ1v) is 4.67. The third-order valence-electron chi connectivity index (χ3n) is 2.18. The van der Waals surface area contributed by atoms with Crippen LogP contribution in [0.1, 0.15) is 5.82 Å². The van der Waals surface area contributed by atoms with Crippen molar-refractivity contribution in [2.45, 2.75) is 24.9 Å². The van der Waals surface area contributed by atoms with Crippen LogP contribution in [0.15, 0.2) is 5.16 Å². The van der Waals surface area contributed by atoms with Crippen LogP contribution >= 0.6 is 0 Å². The molecule has 1 aromatic heterocycles. The van der Waals surface area contributed by atoms with Gasteiger partial charge in [-0.3, -0.25) is 0 Å². The van der Waals surface area contributed by atoms with Gasteiger partial charge in [0, 0.05) is 21.1 Å². The smallest absolute Gasteiger partial charge is 0.273 e. The van der Waals surface area contributed by atoms with E-state index >= 15 is 0 Å². The zero-order chi connectivity index (χ0) is 10.7. The van der Waals surface area contributed by atoms with Gasteiger partial charge in [-0.15, -0.1) is 4.68 Å². The fourth-order valence-corrected chi connectivity index (χ4v) is 1.50. The van der Waals surface area contributed by atoms with E-state index in [0.29, 0.717) is 11.7 Å². The van der Waals surface area contributed by atoms with Gasteiger partial charge in [0.2, 0.25) is 0 Å². The lowest BCUT2D eigenvalue weighted by Gasteiger charge is -2.13. The van der Waals surface area contributed by atoms with Gasteiger partial charge in [-0.25, -0.2) is 4.57 Å². The maximum atomic E-state index is 5.10. The molecule has 0 aliphatic carbocycles. The molecule has 0 amide bonds. The maximum absolute atomic E-state index is 5.10. The summed E-state index contributed by atoms with van der Waals surface area (Å²) in [5, 5.41) is 4.66. The first-order chi connectivity index (χ1) is 6.60. The summed E-state index contributed by atoms with van der Waals surface area (Å²) in [6.45, 7) is 2.51. The van der Waals surface area contributed by atoms with Gasteiger partial charge in [-0.1, -0.05) is 5.10 Å². The van der Waals surface area contributed by atoms with Crippen LogP contribution in [0.4, 0.5) is 0 Å². The fraction of sp³-hybridized carbons (Fsp3) is 0.750. The highest BCUT2D eigenvalue weighted by Crippen LogP contribution is 2.02. The second-order valence-electron chi connectivity index (χ2n) is 2.96. The Bertz CT molecular complexity index is 310. The standard InChI is InChI=1S/C8H15N3O2S/c1-6-10(2)9-8(14)11(6)5-7(12-3)13-4/h7H,5H2,1-4H3. The number of hydrogen-bond donors (Lipinski definition) is 0. The molecular formula is C8H15N3O2S. The molecule has 1 aromatic rings. The van der Waals surface area contributed by atoms with E-state index in [-0.39, 0.29) is 6.29 Å². The second-order valence-corrected chi connectivity index (χ2v) is 3.33. The molecule has 0 spiro atoms. The molecule has 1 rings (SSSR count). The van der Waals surface area contributed by atoms with Crippen molar-refractivity contribution in [2.24, 2.45) is 7.05 Å². The largest absolute Gasteiger partial charge is 0.713 e. The highest BCUT2D eigenvalue weighted by molar-refractivity contribution is 7.58. The molecule has 0 aromatic carbocycles. The van der Waals surface area contributed by atoms with Crippen molar-refractivity contribution >= 4 is 12.6 Å². The summed E-state index contributed by atoms with van der Waals surface area (Å²) >= 11 is 5.09. The SMILES string of the molecule is COC(Cn1c([S-])n[n+](C)c1C)OC. The first kappa shape index (κ1) is 11.4. The molecule has 0 saturated heterocycles. The van der Waals surface area contributed by atoms with Crippen molar-refractivity contribution in [1.82, 2.24) is 9.67 Å². The molecule has 80 valence electrons. The molecule has 14 heavy (non-hydrogen) atoms. The van der Waals surface area contributed by atoms with Crippen LogP contribution in [-0.2, 0) is 35.7 Å². The van der Waals surface area contributed by atoms with Crippen LogP contribution in [0, 0.1) is 6.92 Å². The van der Waals surface area contributed by atoms with Crippen molar-refractivity contribution in [1.29, 1.82) is 0 Å². The zero-order valence-corrected chi connectivity index (χ0v) is 9.67. The van der Waals surface area contributed by atoms with E-state index in [9.17, 15) is 0 Å². The molecule has 0 fully saturated rings. The molecule has 0 unspecified atom stereocenters. The molecule has 0 bridgehead atoms. The number of nitrogens with zero attached hydrogens (tertiary/aromatic N) is 3. The highest BCUT2D eigenvalue weighted by atomic mass is 32.1. The molecular weight excluding hydrogens is 202 g/mol. The highest BCUT2D eigenvalue weighted by Gasteiger charge is 2.17. The topological polar surface area (TPSA) is 40.2 Å². The van der Waals surface area contributed by atoms with Crippen LogP contribution < -0.4 is 4.68 Å². The summed E-state index contributed by atoms with van der Waals surface area (Å²) in [6.07, 6.45) is -0.287. The third kappa shape index (κ3) is 2.20. The number of ether oxygens (including phenoxy) is 2. The van der Waals surface area contributed by atoms with Crippen LogP contribution in [0.2, 0.25) is 0 Å². The Balaban J connectivity index is 2.84. The van der Waals surface area contributed by atoms with Crippen molar-refractivity contribution in [3.8, 4) is 0 Å². The minimum atomic E-state index is -0.287. The Morgan fingerprint density at radius 3 is 2.43 bits per heavy atom. The Labute approximate surface area is 89.0 Å². The minimum Gasteiger partial charge on any atom is -0.713 e. The summed E-state index contributed by atoms with van der Waals surface area (Å²) in [5.74, 6) is 0.981. The molecule has 0 N–H and O–H groups in total. The zero-order valence-electron chi connectivity index (χ0n) is 8.85. The quantitative estimate of drug-likeness (QED) is 0.389. The monoisotopic (exact) mass is 217 g/mol. The molecule has 5 nitrogen and oxygen atoms in total. The van der Waals surface area contributed by atoms with Gasteiger partial charge in [0.05, 0.1) is 0 Å². The molecule has 0 aliphatic rings. The van der Waals surface area contributed by atoms with Gasteiger partial charge in [0.15, 0.2) is 6.29 Å². The van der Waals surface area contributed by atoms with E-state index in [1.165, 1.54) is 0 Å². The number of aromatic nitrogens is 3. The Morgan fingerprint density at radius 2 is 2.07 bits per heavy atom. The molecule has 0 radical (unpaired) electrons. The molecule has 0 aliphatic heterocycles.